The van der Waals surface area contributed by atoms with Crippen LogP contribution in [0, 0.1) is 51.8 Å². The van der Waals surface area contributed by atoms with E-state index in [-0.39, 0.29) is 22.7 Å². The van der Waals surface area contributed by atoms with Crippen molar-refractivity contribution in [2.45, 2.75) is 78.1 Å². The van der Waals surface area contributed by atoms with Crippen molar-refractivity contribution in [2.24, 2.45) is 40.4 Å². The molecule has 25 heavy (non-hydrogen) atoms. The highest BCUT2D eigenvalue weighted by molar-refractivity contribution is 5.65. The standard InChI is InChI=1S/C22H33NO2/c1-15(24)25-14-22-11-4-3-5-16(22)6-8-18-19-9-7-17(13-23)21(19,2)12-10-20(18)22/h16-20H,3-12,14H2,1-2H3/t16?,17?,18?,19?,20?,21?,22-/m1/s1. The molecule has 4 saturated carbocycles. The second-order valence-electron chi connectivity index (χ2n) is 9.71. The molecule has 6 unspecified atom stereocenters. The molecule has 0 amide bonds. The Hall–Kier alpha value is -1.04. The lowest BCUT2D eigenvalue weighted by atomic mass is 9.44. The fourth-order valence-electron chi connectivity index (χ4n) is 7.80. The highest BCUT2D eigenvalue weighted by atomic mass is 16.5. The van der Waals surface area contributed by atoms with Gasteiger partial charge in [-0.3, -0.25) is 4.79 Å². The minimum Gasteiger partial charge on any atom is -0.465 e. The van der Waals surface area contributed by atoms with Gasteiger partial charge in [0, 0.05) is 12.3 Å². The zero-order valence-electron chi connectivity index (χ0n) is 15.9. The molecule has 0 spiro atoms. The Labute approximate surface area is 152 Å². The fourth-order valence-corrected chi connectivity index (χ4v) is 7.80. The minimum atomic E-state index is -0.119. The van der Waals surface area contributed by atoms with Crippen LogP contribution in [-0.2, 0) is 9.53 Å². The predicted octanol–water partition coefficient (Wildman–Crippen LogP) is 5.10. The van der Waals surface area contributed by atoms with Crippen LogP contribution in [0.1, 0.15) is 78.1 Å². The van der Waals surface area contributed by atoms with Crippen molar-refractivity contribution in [3.8, 4) is 6.07 Å². The molecule has 0 heterocycles. The van der Waals surface area contributed by atoms with Crippen LogP contribution in [0.4, 0.5) is 0 Å². The molecule has 138 valence electrons. The lowest BCUT2D eigenvalue weighted by molar-refractivity contribution is -0.166. The second-order valence-corrected chi connectivity index (χ2v) is 9.71. The average Bonchev–Trinajstić information content (AvgIpc) is 2.96. The first-order valence-corrected chi connectivity index (χ1v) is 10.5. The molecule has 4 aliphatic carbocycles. The number of nitriles is 1. The molecule has 0 aromatic rings. The average molecular weight is 344 g/mol. The molecule has 0 saturated heterocycles. The highest BCUT2D eigenvalue weighted by Gasteiger charge is 2.61. The molecule has 3 nitrogen and oxygen atoms in total. The van der Waals surface area contributed by atoms with E-state index in [4.69, 9.17) is 4.74 Å². The first-order chi connectivity index (χ1) is 12.0. The van der Waals surface area contributed by atoms with Crippen LogP contribution in [0.2, 0.25) is 0 Å². The Morgan fingerprint density at radius 2 is 1.92 bits per heavy atom. The van der Waals surface area contributed by atoms with Crippen molar-refractivity contribution in [3.05, 3.63) is 0 Å². The normalized spacial score (nSPS) is 48.6. The van der Waals surface area contributed by atoms with Gasteiger partial charge < -0.3 is 4.74 Å². The number of rotatable bonds is 2. The predicted molar refractivity (Wildman–Crippen MR) is 96.4 cm³/mol. The summed E-state index contributed by atoms with van der Waals surface area (Å²) in [5.74, 6) is 3.06. The van der Waals surface area contributed by atoms with Crippen molar-refractivity contribution in [2.75, 3.05) is 6.61 Å². The smallest absolute Gasteiger partial charge is 0.302 e. The Morgan fingerprint density at radius 1 is 1.08 bits per heavy atom. The van der Waals surface area contributed by atoms with E-state index in [0.29, 0.717) is 18.4 Å². The molecule has 0 aromatic carbocycles. The third-order valence-electron chi connectivity index (χ3n) is 8.98. The molecule has 0 N–H and O–H groups in total. The van der Waals surface area contributed by atoms with Crippen LogP contribution in [0.3, 0.4) is 0 Å². The van der Waals surface area contributed by atoms with E-state index in [1.807, 2.05) is 0 Å². The van der Waals surface area contributed by atoms with Crippen LogP contribution in [-0.4, -0.2) is 12.6 Å². The van der Waals surface area contributed by atoms with Gasteiger partial charge in [-0.2, -0.15) is 5.26 Å². The first-order valence-electron chi connectivity index (χ1n) is 10.5. The molecular weight excluding hydrogens is 310 g/mol. The minimum absolute atomic E-state index is 0.119. The summed E-state index contributed by atoms with van der Waals surface area (Å²) in [7, 11) is 0. The van der Waals surface area contributed by atoms with Crippen molar-refractivity contribution >= 4 is 5.97 Å². The third-order valence-corrected chi connectivity index (χ3v) is 8.98. The lowest BCUT2D eigenvalue weighted by Crippen LogP contribution is -2.55. The summed E-state index contributed by atoms with van der Waals surface area (Å²) in [6.07, 6.45) is 12.7. The molecule has 4 fully saturated rings. The molecular formula is C22H33NO2. The highest BCUT2D eigenvalue weighted by Crippen LogP contribution is 2.67. The summed E-state index contributed by atoms with van der Waals surface area (Å²) >= 11 is 0. The van der Waals surface area contributed by atoms with Gasteiger partial charge in [-0.25, -0.2) is 0 Å². The van der Waals surface area contributed by atoms with Gasteiger partial charge >= 0.3 is 5.97 Å². The molecule has 4 rings (SSSR count). The number of hydrogen-bond acceptors (Lipinski definition) is 3. The zero-order valence-corrected chi connectivity index (χ0v) is 15.9. The summed E-state index contributed by atoms with van der Waals surface area (Å²) in [6.45, 7) is 4.61. The van der Waals surface area contributed by atoms with Crippen molar-refractivity contribution < 1.29 is 9.53 Å². The van der Waals surface area contributed by atoms with Gasteiger partial charge in [0.1, 0.15) is 0 Å². The summed E-state index contributed by atoms with van der Waals surface area (Å²) in [4.78, 5) is 11.6. The Kier molecular flexibility index (Phi) is 4.37. The number of carbonyl (C=O) groups is 1. The van der Waals surface area contributed by atoms with E-state index < -0.39 is 0 Å². The van der Waals surface area contributed by atoms with Crippen molar-refractivity contribution in [3.63, 3.8) is 0 Å². The van der Waals surface area contributed by atoms with Crippen LogP contribution < -0.4 is 0 Å². The van der Waals surface area contributed by atoms with E-state index in [1.54, 1.807) is 6.92 Å². The molecule has 7 atom stereocenters. The van der Waals surface area contributed by atoms with Crippen LogP contribution in [0.5, 0.6) is 0 Å². The third kappa shape index (κ3) is 2.54. The van der Waals surface area contributed by atoms with E-state index >= 15 is 0 Å². The van der Waals surface area contributed by atoms with E-state index in [9.17, 15) is 10.1 Å². The lowest BCUT2D eigenvalue weighted by Gasteiger charge is -2.60. The van der Waals surface area contributed by atoms with Crippen LogP contribution in [0.15, 0.2) is 0 Å². The van der Waals surface area contributed by atoms with E-state index in [0.717, 1.165) is 18.3 Å². The van der Waals surface area contributed by atoms with Gasteiger partial charge in [-0.1, -0.05) is 19.8 Å². The van der Waals surface area contributed by atoms with Gasteiger partial charge in [0.25, 0.3) is 0 Å². The van der Waals surface area contributed by atoms with Gasteiger partial charge in [0.2, 0.25) is 0 Å². The fraction of sp³-hybridized carbons (Fsp3) is 0.909. The molecule has 0 radical (unpaired) electrons. The Bertz CT molecular complexity index is 581. The molecule has 3 heteroatoms. The quantitative estimate of drug-likeness (QED) is 0.655. The Balaban J connectivity index is 1.64. The van der Waals surface area contributed by atoms with Crippen molar-refractivity contribution in [1.82, 2.24) is 0 Å². The van der Waals surface area contributed by atoms with Crippen LogP contribution in [0.25, 0.3) is 0 Å². The monoisotopic (exact) mass is 343 g/mol. The summed E-state index contributed by atoms with van der Waals surface area (Å²) < 4.78 is 5.68. The Morgan fingerprint density at radius 3 is 2.68 bits per heavy atom. The summed E-state index contributed by atoms with van der Waals surface area (Å²) in [5, 5.41) is 9.64. The summed E-state index contributed by atoms with van der Waals surface area (Å²) in [5.41, 5.74) is 0.471. The number of carbonyl (C=O) groups excluding carboxylic acids is 1. The maximum atomic E-state index is 11.6. The van der Waals surface area contributed by atoms with E-state index in [2.05, 4.69) is 13.0 Å². The molecule has 0 aromatic heterocycles. The number of esters is 1. The number of fused-ring (bicyclic) bond motifs is 5. The molecule has 0 bridgehead atoms. The number of hydrogen-bond donors (Lipinski definition) is 0. The zero-order chi connectivity index (χ0) is 17.7. The number of nitrogens with zero attached hydrogens (tertiary/aromatic N) is 1. The first kappa shape index (κ1) is 17.4. The van der Waals surface area contributed by atoms with Crippen molar-refractivity contribution in [1.29, 1.82) is 5.26 Å². The number of ether oxygens (including phenoxy) is 1. The largest absolute Gasteiger partial charge is 0.465 e. The van der Waals surface area contributed by atoms with Gasteiger partial charge in [-0.15, -0.1) is 0 Å². The van der Waals surface area contributed by atoms with Gasteiger partial charge in [0.15, 0.2) is 0 Å². The molecule has 4 aliphatic rings. The topological polar surface area (TPSA) is 50.1 Å². The van der Waals surface area contributed by atoms with Crippen LogP contribution >= 0.6 is 0 Å². The van der Waals surface area contributed by atoms with Gasteiger partial charge in [-0.05, 0) is 80.5 Å². The maximum Gasteiger partial charge on any atom is 0.302 e. The maximum absolute atomic E-state index is 11.6. The SMILES string of the molecule is CC(=O)OC[C@]12CCCCC1CCC1C3CCC(C#N)C3(C)CCC12. The van der Waals surface area contributed by atoms with E-state index in [1.165, 1.54) is 57.8 Å². The summed E-state index contributed by atoms with van der Waals surface area (Å²) in [6, 6.07) is 2.64. The second kappa shape index (κ2) is 6.29. The molecule has 0 aliphatic heterocycles. The van der Waals surface area contributed by atoms with Gasteiger partial charge in [0.05, 0.1) is 18.6 Å².